The van der Waals surface area contributed by atoms with Crippen LogP contribution in [0.25, 0.3) is 27.7 Å². The van der Waals surface area contributed by atoms with E-state index in [1.807, 2.05) is 26.0 Å². The second-order valence-electron chi connectivity index (χ2n) is 9.75. The third-order valence-corrected chi connectivity index (χ3v) is 6.69. The molecule has 5 aromatic rings. The maximum atomic E-state index is 13.6. The first-order valence-electron chi connectivity index (χ1n) is 12.7. The van der Waals surface area contributed by atoms with Crippen molar-refractivity contribution in [1.82, 2.24) is 4.57 Å². The van der Waals surface area contributed by atoms with Crippen LogP contribution in [-0.2, 0) is 6.18 Å². The average molecular weight is 576 g/mol. The zero-order valence-corrected chi connectivity index (χ0v) is 22.3. The molecule has 42 heavy (non-hydrogen) atoms. The van der Waals surface area contributed by atoms with Crippen LogP contribution in [0.4, 0.5) is 29.3 Å². The van der Waals surface area contributed by atoms with Crippen LogP contribution >= 0.6 is 0 Å². The quantitative estimate of drug-likeness (QED) is 0.106. The number of para-hydroxylation sites is 1. The monoisotopic (exact) mass is 575 g/mol. The minimum atomic E-state index is -4.61. The fourth-order valence-electron chi connectivity index (χ4n) is 4.58. The zero-order chi connectivity index (χ0) is 30.2. The molecule has 214 valence electrons. The molecule has 0 saturated heterocycles. The molecule has 1 heterocycles. The fourth-order valence-corrected chi connectivity index (χ4v) is 4.58. The molecule has 8 nitrogen and oxygen atoms in total. The lowest BCUT2D eigenvalue weighted by Crippen LogP contribution is -2.05. The minimum absolute atomic E-state index is 0.00514. The zero-order valence-electron chi connectivity index (χ0n) is 22.3. The van der Waals surface area contributed by atoms with Gasteiger partial charge >= 0.3 is 12.3 Å². The van der Waals surface area contributed by atoms with Gasteiger partial charge in [0, 0.05) is 16.6 Å². The average Bonchev–Trinajstić information content (AvgIpc) is 3.22. The number of phenolic OH excluding ortho intramolecular Hbond substituents is 1. The van der Waals surface area contributed by atoms with E-state index in [2.05, 4.69) is 15.0 Å². The number of rotatable bonds is 6. The van der Waals surface area contributed by atoms with E-state index in [0.717, 1.165) is 17.7 Å². The topological polar surface area (TPSA) is 117 Å². The number of aromatic nitrogens is 1. The number of ether oxygens (including phenoxy) is 1. The Kier molecular flexibility index (Phi) is 7.34. The molecule has 0 amide bonds. The van der Waals surface area contributed by atoms with E-state index < -0.39 is 23.8 Å². The molecule has 4 aromatic carbocycles. The predicted octanol–water partition coefficient (Wildman–Crippen LogP) is 9.32. The van der Waals surface area contributed by atoms with Gasteiger partial charge < -0.3 is 20.1 Å². The molecule has 0 radical (unpaired) electrons. The third-order valence-electron chi connectivity index (χ3n) is 6.69. The lowest BCUT2D eigenvalue weighted by molar-refractivity contribution is -0.137. The highest BCUT2D eigenvalue weighted by atomic mass is 19.4. The van der Waals surface area contributed by atoms with Crippen LogP contribution < -0.4 is 4.74 Å². The first-order valence-corrected chi connectivity index (χ1v) is 12.7. The second-order valence-corrected chi connectivity index (χ2v) is 9.75. The highest BCUT2D eigenvalue weighted by molar-refractivity contribution is 5.97. The van der Waals surface area contributed by atoms with Gasteiger partial charge in [0.05, 0.1) is 11.1 Å². The van der Waals surface area contributed by atoms with Gasteiger partial charge in [-0.25, -0.2) is 4.79 Å². The summed E-state index contributed by atoms with van der Waals surface area (Å²) < 4.78 is 46.8. The number of carbonyl (C=O) groups is 1. The lowest BCUT2D eigenvalue weighted by Gasteiger charge is -2.11. The fraction of sp³-hybridized carbons (Fsp3) is 0.129. The predicted molar refractivity (Wildman–Crippen MR) is 150 cm³/mol. The first kappa shape index (κ1) is 28.2. The highest BCUT2D eigenvalue weighted by Crippen LogP contribution is 2.45. The van der Waals surface area contributed by atoms with Crippen LogP contribution in [0, 0.1) is 0 Å². The van der Waals surface area contributed by atoms with E-state index in [-0.39, 0.29) is 39.7 Å². The summed E-state index contributed by atoms with van der Waals surface area (Å²) in [7, 11) is 0. The third kappa shape index (κ3) is 5.49. The van der Waals surface area contributed by atoms with Gasteiger partial charge in [0.25, 0.3) is 0 Å². The largest absolute Gasteiger partial charge is 0.511 e. The van der Waals surface area contributed by atoms with Crippen molar-refractivity contribution in [3.63, 3.8) is 0 Å². The summed E-state index contributed by atoms with van der Waals surface area (Å²) in [5.74, 6) is -0.449. The van der Waals surface area contributed by atoms with Crippen LogP contribution in [0.15, 0.2) is 95.2 Å². The van der Waals surface area contributed by atoms with E-state index in [4.69, 9.17) is 5.11 Å². The van der Waals surface area contributed by atoms with Crippen molar-refractivity contribution in [3.8, 4) is 34.2 Å². The molecule has 0 aliphatic carbocycles. The van der Waals surface area contributed by atoms with Gasteiger partial charge in [-0.1, -0.05) is 50.2 Å². The maximum absolute atomic E-state index is 13.6. The van der Waals surface area contributed by atoms with Crippen molar-refractivity contribution in [2.24, 2.45) is 10.2 Å². The number of phenols is 1. The summed E-state index contributed by atoms with van der Waals surface area (Å²) in [6.45, 7) is 4.02. The number of benzene rings is 4. The number of nitrogens with zero attached hydrogens (tertiary/aromatic N) is 3. The summed E-state index contributed by atoms with van der Waals surface area (Å²) >= 11 is 0. The molecule has 0 saturated carbocycles. The van der Waals surface area contributed by atoms with Gasteiger partial charge in [-0.3, -0.25) is 4.57 Å². The maximum Gasteiger partial charge on any atom is 0.511 e. The molecule has 0 aliphatic heterocycles. The summed E-state index contributed by atoms with van der Waals surface area (Å²) in [6.07, 6.45) is -6.10. The molecule has 0 unspecified atom stereocenters. The van der Waals surface area contributed by atoms with E-state index in [9.17, 15) is 28.2 Å². The number of carboxylic acid groups (broad SMARTS) is 1. The number of aromatic hydroxyl groups is 2. The molecule has 5 rings (SSSR count). The van der Waals surface area contributed by atoms with Gasteiger partial charge in [-0.15, -0.1) is 10.2 Å². The van der Waals surface area contributed by atoms with Crippen molar-refractivity contribution >= 4 is 28.4 Å². The van der Waals surface area contributed by atoms with Crippen LogP contribution in [0.1, 0.15) is 30.9 Å². The van der Waals surface area contributed by atoms with Crippen LogP contribution in [0.2, 0.25) is 0 Å². The van der Waals surface area contributed by atoms with Gasteiger partial charge in [0.15, 0.2) is 11.4 Å². The number of fused-ring (bicyclic) bond motifs is 1. The number of azo groups is 1. The molecule has 0 atom stereocenters. The van der Waals surface area contributed by atoms with Crippen LogP contribution in [0.5, 0.6) is 17.4 Å². The summed E-state index contributed by atoms with van der Waals surface area (Å²) in [6, 6.07) is 20.8. The molecule has 0 spiro atoms. The van der Waals surface area contributed by atoms with Crippen molar-refractivity contribution in [2.45, 2.75) is 25.9 Å². The number of hydrogen-bond donors (Lipinski definition) is 3. The molecular weight excluding hydrogens is 551 g/mol. The van der Waals surface area contributed by atoms with E-state index in [1.165, 1.54) is 28.8 Å². The summed E-state index contributed by atoms with van der Waals surface area (Å²) in [5.41, 5.74) is 1.27. The molecule has 11 heteroatoms. The smallest absolute Gasteiger partial charge is 0.505 e. The van der Waals surface area contributed by atoms with Crippen molar-refractivity contribution < 1.29 is 38.0 Å². The molecule has 3 N–H and O–H groups in total. The Morgan fingerprint density at radius 1 is 0.905 bits per heavy atom. The first-order chi connectivity index (χ1) is 19.9. The molecule has 0 aliphatic rings. The minimum Gasteiger partial charge on any atom is -0.505 e. The second kappa shape index (κ2) is 10.9. The van der Waals surface area contributed by atoms with Crippen molar-refractivity contribution in [1.29, 1.82) is 0 Å². The Bertz CT molecular complexity index is 1830. The van der Waals surface area contributed by atoms with Gasteiger partial charge in [-0.05, 0) is 65.6 Å². The highest BCUT2D eigenvalue weighted by Gasteiger charge is 2.32. The Morgan fingerprint density at radius 2 is 1.62 bits per heavy atom. The van der Waals surface area contributed by atoms with Crippen LogP contribution in [0.3, 0.4) is 0 Å². The van der Waals surface area contributed by atoms with Crippen molar-refractivity contribution in [3.05, 3.63) is 96.1 Å². The van der Waals surface area contributed by atoms with Gasteiger partial charge in [-0.2, -0.15) is 13.2 Å². The SMILES string of the molecule is CC(C)c1ccc(-n2c(O)c(N=Nc3cccc(-c4cccc(OC(=O)O)c4)c3O)c3ccc(C(F)(F)F)cc32)cc1. The summed E-state index contributed by atoms with van der Waals surface area (Å²) in [4.78, 5) is 10.9. The normalized spacial score (nSPS) is 12.0. The Morgan fingerprint density at radius 3 is 2.29 bits per heavy atom. The Balaban J connectivity index is 1.61. The van der Waals surface area contributed by atoms with E-state index in [1.54, 1.807) is 36.4 Å². The summed E-state index contributed by atoms with van der Waals surface area (Å²) in [5, 5.41) is 39.5. The van der Waals surface area contributed by atoms with Crippen molar-refractivity contribution in [2.75, 3.05) is 0 Å². The van der Waals surface area contributed by atoms with Crippen LogP contribution in [-0.4, -0.2) is 26.0 Å². The number of hydrogen-bond acceptors (Lipinski definition) is 6. The molecular formula is C31H24F3N3O5. The van der Waals surface area contributed by atoms with Gasteiger partial charge in [0.1, 0.15) is 11.4 Å². The molecule has 0 fully saturated rings. The molecule has 1 aromatic heterocycles. The number of alkyl halides is 3. The van der Waals surface area contributed by atoms with E-state index >= 15 is 0 Å². The lowest BCUT2D eigenvalue weighted by atomic mass is 10.0. The standard InChI is InChI=1S/C31H24F3N3O5/c1-17(2)18-9-12-21(13-10-18)37-26-16-20(31(32,33)34)11-14-24(26)27(29(37)39)36-35-25-8-4-7-23(28(25)38)19-5-3-6-22(15-19)42-30(40)41/h3-17,38-39H,1-2H3,(H,40,41). The Labute approximate surface area is 237 Å². The molecule has 0 bridgehead atoms. The Hall–Kier alpha value is -5.32. The number of halogens is 3. The van der Waals surface area contributed by atoms with E-state index in [0.29, 0.717) is 16.8 Å². The van der Waals surface area contributed by atoms with Gasteiger partial charge in [0.2, 0.25) is 5.88 Å².